The van der Waals surface area contributed by atoms with Gasteiger partial charge >= 0.3 is 0 Å². The smallest absolute Gasteiger partial charge is 0.159 e. The molecule has 0 fully saturated rings. The molecule has 4 nitrogen and oxygen atoms in total. The van der Waals surface area contributed by atoms with Gasteiger partial charge in [0.25, 0.3) is 0 Å². The molecule has 4 heteroatoms. The van der Waals surface area contributed by atoms with E-state index in [1.807, 2.05) is 0 Å². The Morgan fingerprint density at radius 1 is 0.392 bits per heavy atom. The molecule has 1 aliphatic rings. The van der Waals surface area contributed by atoms with Gasteiger partial charge in [-0.05, 0) is 104 Å². The molecular formula is C70H54N2O2. The summed E-state index contributed by atoms with van der Waals surface area (Å²) in [6, 6.07) is 81.8. The molecule has 14 rings (SSSR count). The lowest BCUT2D eigenvalue weighted by Crippen LogP contribution is -2.31. The van der Waals surface area contributed by atoms with Gasteiger partial charge in [-0.2, -0.15) is 0 Å². The number of para-hydroxylation sites is 6. The third kappa shape index (κ3) is 6.82. The molecule has 0 spiro atoms. The Morgan fingerprint density at radius 2 is 0.905 bits per heavy atom. The van der Waals surface area contributed by atoms with Crippen molar-refractivity contribution >= 4 is 99.4 Å². The van der Waals surface area contributed by atoms with E-state index >= 15 is 0 Å². The van der Waals surface area contributed by atoms with Crippen LogP contribution in [0.25, 0.3) is 93.2 Å². The van der Waals surface area contributed by atoms with E-state index in [-0.39, 0.29) is 17.9 Å². The van der Waals surface area contributed by atoms with Crippen molar-refractivity contribution in [3.05, 3.63) is 241 Å². The second-order valence-electron chi connectivity index (χ2n) is 20.6. The number of anilines is 5. The van der Waals surface area contributed by atoms with Crippen molar-refractivity contribution in [2.75, 3.05) is 9.80 Å². The van der Waals surface area contributed by atoms with E-state index in [0.29, 0.717) is 0 Å². The van der Waals surface area contributed by atoms with Gasteiger partial charge in [-0.15, -0.1) is 0 Å². The standard InChI is InChI=1S/C70H54N2O2/c1-43(2)57-41-63(71(59-31-15-11-25-47(59)45-21-7-5-8-22-45)61-33-19-29-53-49-27-13-17-35-65(49)73-69(53)61)55-40-38-52-58(44(3)4)42-64(56-39-37-51(57)67(55)68(52)56)72(60-32-16-12-26-48(60)46-23-9-6-10-24-46)62-34-20-30-54-50-28-14-18-36-66(50)74-70(54)62/h5-41,43-44,64H,42H2,1-4H3. The molecule has 0 radical (unpaired) electrons. The largest absolute Gasteiger partial charge is 0.454 e. The van der Waals surface area contributed by atoms with Crippen LogP contribution in [0, 0.1) is 5.92 Å². The molecule has 0 N–H and O–H groups in total. The Balaban J connectivity index is 1.10. The van der Waals surface area contributed by atoms with Gasteiger partial charge in [-0.25, -0.2) is 0 Å². The summed E-state index contributed by atoms with van der Waals surface area (Å²) < 4.78 is 14.0. The SMILES string of the molecule is CC(C)C1=c2ccc3c(N(c4ccccc4-c4ccccc4)c4cccc5c4oc4ccccc45)cc(C(C)C)c4ccc(c2c43)C(N(c2ccccc2-c2ccccc2)c2cccc3c2oc2ccccc23)C1. The van der Waals surface area contributed by atoms with Gasteiger partial charge in [0, 0.05) is 43.7 Å². The van der Waals surface area contributed by atoms with Crippen molar-refractivity contribution in [1.82, 2.24) is 0 Å². The lowest BCUT2D eigenvalue weighted by Gasteiger charge is -2.40. The molecule has 74 heavy (non-hydrogen) atoms. The Bertz CT molecular complexity index is 4370. The van der Waals surface area contributed by atoms with Crippen molar-refractivity contribution in [3.8, 4) is 22.3 Å². The van der Waals surface area contributed by atoms with E-state index in [2.05, 4.69) is 262 Å². The van der Waals surface area contributed by atoms with E-state index in [4.69, 9.17) is 8.83 Å². The summed E-state index contributed by atoms with van der Waals surface area (Å²) in [5.41, 5.74) is 17.6. The van der Waals surface area contributed by atoms with Crippen LogP contribution < -0.4 is 15.0 Å². The highest BCUT2D eigenvalue weighted by atomic mass is 16.3. The van der Waals surface area contributed by atoms with Crippen LogP contribution in [0.4, 0.5) is 28.4 Å². The second-order valence-corrected chi connectivity index (χ2v) is 20.6. The molecule has 11 aromatic carbocycles. The number of hydrogen-bond acceptors (Lipinski definition) is 4. The average Bonchev–Trinajstić information content (AvgIpc) is 4.09. The summed E-state index contributed by atoms with van der Waals surface area (Å²) in [6.07, 6.45) is 0.840. The molecule has 356 valence electrons. The molecule has 2 heterocycles. The summed E-state index contributed by atoms with van der Waals surface area (Å²) in [7, 11) is 0. The van der Waals surface area contributed by atoms with Crippen molar-refractivity contribution < 1.29 is 8.83 Å². The molecule has 0 saturated heterocycles. The zero-order chi connectivity index (χ0) is 49.6. The van der Waals surface area contributed by atoms with Gasteiger partial charge in [0.05, 0.1) is 28.8 Å². The lowest BCUT2D eigenvalue weighted by molar-refractivity contribution is 0.649. The van der Waals surface area contributed by atoms with Crippen LogP contribution in [0.2, 0.25) is 0 Å². The normalized spacial score (nSPS) is 13.7. The number of fused-ring (bicyclic) bond motifs is 6. The van der Waals surface area contributed by atoms with Crippen molar-refractivity contribution in [2.24, 2.45) is 5.92 Å². The zero-order valence-electron chi connectivity index (χ0n) is 42.0. The first-order valence-corrected chi connectivity index (χ1v) is 26.1. The van der Waals surface area contributed by atoms with Crippen LogP contribution in [0.5, 0.6) is 0 Å². The topological polar surface area (TPSA) is 32.8 Å². The second kappa shape index (κ2) is 17.4. The summed E-state index contributed by atoms with van der Waals surface area (Å²) in [5.74, 6) is 0.499. The molecule has 0 aliphatic heterocycles. The van der Waals surface area contributed by atoms with E-state index in [1.165, 1.54) is 54.6 Å². The Labute approximate surface area is 431 Å². The lowest BCUT2D eigenvalue weighted by atomic mass is 9.78. The molecular weight excluding hydrogens is 901 g/mol. The Morgan fingerprint density at radius 3 is 1.54 bits per heavy atom. The quantitative estimate of drug-likeness (QED) is 0.137. The minimum absolute atomic E-state index is 0.0936. The van der Waals surface area contributed by atoms with Gasteiger partial charge in [0.15, 0.2) is 11.2 Å². The predicted molar refractivity (Wildman–Crippen MR) is 311 cm³/mol. The van der Waals surface area contributed by atoms with Crippen molar-refractivity contribution in [3.63, 3.8) is 0 Å². The summed E-state index contributed by atoms with van der Waals surface area (Å²) in [6.45, 7) is 9.44. The van der Waals surface area contributed by atoms with Crippen LogP contribution in [0.3, 0.4) is 0 Å². The summed E-state index contributed by atoms with van der Waals surface area (Å²) >= 11 is 0. The van der Waals surface area contributed by atoms with E-state index in [0.717, 1.165) is 89.9 Å². The van der Waals surface area contributed by atoms with Gasteiger partial charge in [0.1, 0.15) is 11.2 Å². The number of rotatable bonds is 10. The van der Waals surface area contributed by atoms with Gasteiger partial charge < -0.3 is 18.6 Å². The molecule has 0 bridgehead atoms. The van der Waals surface area contributed by atoms with Crippen LogP contribution in [0.1, 0.15) is 57.2 Å². The maximum absolute atomic E-state index is 6.99. The van der Waals surface area contributed by atoms with Crippen LogP contribution >= 0.6 is 0 Å². The fraction of sp³-hybridized carbons (Fsp3) is 0.114. The van der Waals surface area contributed by atoms with E-state index in [9.17, 15) is 0 Å². The monoisotopic (exact) mass is 954 g/mol. The van der Waals surface area contributed by atoms with E-state index in [1.54, 1.807) is 0 Å². The fourth-order valence-corrected chi connectivity index (χ4v) is 12.5. The molecule has 1 aliphatic carbocycles. The van der Waals surface area contributed by atoms with E-state index < -0.39 is 0 Å². The predicted octanol–water partition coefficient (Wildman–Crippen LogP) is 19.5. The molecule has 2 aromatic heterocycles. The minimum Gasteiger partial charge on any atom is -0.454 e. The Hall–Kier alpha value is -8.86. The highest BCUT2D eigenvalue weighted by molar-refractivity contribution is 6.21. The number of benzene rings is 11. The number of furan rings is 2. The first-order valence-electron chi connectivity index (χ1n) is 26.1. The average molecular weight is 955 g/mol. The minimum atomic E-state index is -0.0936. The van der Waals surface area contributed by atoms with Crippen LogP contribution in [-0.4, -0.2) is 0 Å². The third-order valence-electron chi connectivity index (χ3n) is 15.8. The van der Waals surface area contributed by atoms with Crippen LogP contribution in [0.15, 0.2) is 233 Å². The molecule has 0 amide bonds. The van der Waals surface area contributed by atoms with Gasteiger partial charge in [-0.1, -0.05) is 215 Å². The van der Waals surface area contributed by atoms with Crippen molar-refractivity contribution in [2.45, 2.75) is 46.1 Å². The molecule has 1 unspecified atom stereocenters. The van der Waals surface area contributed by atoms with Crippen LogP contribution in [-0.2, 0) is 0 Å². The maximum atomic E-state index is 6.99. The first-order chi connectivity index (χ1) is 36.4. The highest BCUT2D eigenvalue weighted by Crippen LogP contribution is 2.53. The molecule has 13 aromatic rings. The van der Waals surface area contributed by atoms with Crippen molar-refractivity contribution in [1.29, 1.82) is 0 Å². The number of nitrogens with zero attached hydrogens (tertiary/aromatic N) is 2. The maximum Gasteiger partial charge on any atom is 0.159 e. The third-order valence-corrected chi connectivity index (χ3v) is 15.8. The van der Waals surface area contributed by atoms with Gasteiger partial charge in [-0.3, -0.25) is 0 Å². The summed E-state index contributed by atoms with van der Waals surface area (Å²) in [4.78, 5) is 5.13. The fourth-order valence-electron chi connectivity index (χ4n) is 12.5. The van der Waals surface area contributed by atoms with Gasteiger partial charge in [0.2, 0.25) is 0 Å². The zero-order valence-corrected chi connectivity index (χ0v) is 42.0. The summed E-state index contributed by atoms with van der Waals surface area (Å²) in [5, 5.41) is 10.9. The number of hydrogen-bond donors (Lipinski definition) is 0. The molecule has 0 saturated carbocycles. The first kappa shape index (κ1) is 43.9. The Kier molecular flexibility index (Phi) is 10.3. The molecule has 1 atom stereocenters. The highest BCUT2D eigenvalue weighted by Gasteiger charge is 2.35.